The summed E-state index contributed by atoms with van der Waals surface area (Å²) in [6.45, 7) is 2.23. The summed E-state index contributed by atoms with van der Waals surface area (Å²) in [6, 6.07) is 24.6. The number of piperidine rings is 2. The molecule has 0 aromatic heterocycles. The molecular formula is C35H42N4O6. The predicted octanol–water partition coefficient (Wildman–Crippen LogP) is 4.34. The zero-order chi connectivity index (χ0) is 32.7. The number of methoxy groups -OCH3 is 2. The van der Waals surface area contributed by atoms with Gasteiger partial charge in [0, 0.05) is 39.0 Å². The van der Waals surface area contributed by atoms with Crippen molar-refractivity contribution in [1.29, 1.82) is 10.5 Å². The maximum Gasteiger partial charge on any atom is 0.306 e. The first-order valence-electron chi connectivity index (χ1n) is 15.3. The molecule has 2 saturated heterocycles. The summed E-state index contributed by atoms with van der Waals surface area (Å²) >= 11 is 0. The number of hydrogen-bond donors (Lipinski definition) is 0. The Labute approximate surface area is 265 Å². The smallest absolute Gasteiger partial charge is 0.306 e. The van der Waals surface area contributed by atoms with Gasteiger partial charge >= 0.3 is 11.9 Å². The van der Waals surface area contributed by atoms with E-state index in [0.29, 0.717) is 58.3 Å². The van der Waals surface area contributed by atoms with Gasteiger partial charge in [-0.2, -0.15) is 10.5 Å². The maximum absolute atomic E-state index is 12.1. The van der Waals surface area contributed by atoms with Gasteiger partial charge in [-0.15, -0.1) is 0 Å². The van der Waals surface area contributed by atoms with Gasteiger partial charge in [0.1, 0.15) is 0 Å². The molecule has 2 fully saturated rings. The summed E-state index contributed by atoms with van der Waals surface area (Å²) in [5.74, 6) is -0.835. The molecule has 0 unspecified atom stereocenters. The molecule has 2 amide bonds. The third-order valence-electron chi connectivity index (χ3n) is 8.75. The number of carbonyl (C=O) groups is 4. The Morgan fingerprint density at radius 3 is 1.53 bits per heavy atom. The second kappa shape index (κ2) is 17.0. The first kappa shape index (κ1) is 34.8. The third-order valence-corrected chi connectivity index (χ3v) is 8.75. The molecule has 10 heteroatoms. The van der Waals surface area contributed by atoms with Crippen LogP contribution in [-0.2, 0) is 40.5 Å². The van der Waals surface area contributed by atoms with Gasteiger partial charge in [-0.05, 0) is 43.2 Å². The van der Waals surface area contributed by atoms with Crippen molar-refractivity contribution in [1.82, 2.24) is 9.80 Å². The molecule has 0 radical (unpaired) electrons. The Kier molecular flexibility index (Phi) is 13.1. The summed E-state index contributed by atoms with van der Waals surface area (Å²) in [5.41, 5.74) is 1.25. The molecule has 0 N–H and O–H groups in total. The van der Waals surface area contributed by atoms with Crippen LogP contribution >= 0.6 is 0 Å². The van der Waals surface area contributed by atoms with Gasteiger partial charge < -0.3 is 19.3 Å². The highest BCUT2D eigenvalue weighted by Crippen LogP contribution is 2.36. The van der Waals surface area contributed by atoms with Crippen LogP contribution in [0.5, 0.6) is 0 Å². The number of nitriles is 2. The predicted molar refractivity (Wildman–Crippen MR) is 166 cm³/mol. The largest absolute Gasteiger partial charge is 0.469 e. The Morgan fingerprint density at radius 1 is 0.667 bits per heavy atom. The number of amides is 2. The Morgan fingerprint density at radius 2 is 1.11 bits per heavy atom. The number of esters is 2. The lowest BCUT2D eigenvalue weighted by atomic mass is 9.74. The van der Waals surface area contributed by atoms with Gasteiger partial charge in [-0.3, -0.25) is 19.2 Å². The van der Waals surface area contributed by atoms with Crippen LogP contribution in [0, 0.1) is 28.1 Å². The van der Waals surface area contributed by atoms with Crippen LogP contribution in [0.3, 0.4) is 0 Å². The molecule has 0 saturated carbocycles. The second-order valence-electron chi connectivity index (χ2n) is 11.5. The normalized spacial score (nSPS) is 16.5. The van der Waals surface area contributed by atoms with E-state index >= 15 is 0 Å². The molecular weight excluding hydrogens is 572 g/mol. The standard InChI is InChI=1S/C18H22N2O3.C17H20N2O3/c1-23-17(22)8-7-16(21)20-11-9-18(14-19,10-12-20)13-15-5-3-2-4-6-15;1-22-16(21)8-7-15(20)19-11-9-17(13-18,10-12-19)14-5-3-2-4-6-14/h2-6H,7-13H2,1H3;2-6H,7-12H2,1H3. The van der Waals surface area contributed by atoms with E-state index in [0.717, 1.165) is 11.1 Å². The van der Waals surface area contributed by atoms with Crippen LogP contribution in [0.4, 0.5) is 0 Å². The molecule has 2 aromatic rings. The minimum absolute atomic E-state index is 0.0401. The molecule has 2 aliphatic heterocycles. The summed E-state index contributed by atoms with van der Waals surface area (Å²) in [4.78, 5) is 49.9. The molecule has 10 nitrogen and oxygen atoms in total. The molecule has 45 heavy (non-hydrogen) atoms. The molecule has 0 spiro atoms. The fourth-order valence-electron chi connectivity index (χ4n) is 5.80. The fourth-order valence-corrected chi connectivity index (χ4v) is 5.80. The van der Waals surface area contributed by atoms with E-state index in [1.165, 1.54) is 14.2 Å². The molecule has 4 rings (SSSR count). The first-order valence-corrected chi connectivity index (χ1v) is 15.3. The van der Waals surface area contributed by atoms with Crippen LogP contribution in [0.2, 0.25) is 0 Å². The quantitative estimate of drug-likeness (QED) is 0.380. The molecule has 0 bridgehead atoms. The number of likely N-dealkylation sites (tertiary alicyclic amines) is 2. The van der Waals surface area contributed by atoms with Crippen molar-refractivity contribution in [2.24, 2.45) is 5.41 Å². The Balaban J connectivity index is 0.000000246. The lowest BCUT2D eigenvalue weighted by Crippen LogP contribution is -2.44. The van der Waals surface area contributed by atoms with Gasteiger partial charge in [0.2, 0.25) is 11.8 Å². The van der Waals surface area contributed by atoms with Gasteiger partial charge in [-0.1, -0.05) is 60.7 Å². The second-order valence-corrected chi connectivity index (χ2v) is 11.5. The van der Waals surface area contributed by atoms with E-state index in [4.69, 9.17) is 0 Å². The SMILES string of the molecule is COC(=O)CCC(=O)N1CCC(C#N)(Cc2ccccc2)CC1.COC(=O)CCC(=O)N1CCC(C#N)(c2ccccc2)CC1. The maximum atomic E-state index is 12.1. The zero-order valence-corrected chi connectivity index (χ0v) is 26.2. The fraction of sp³-hybridized carbons (Fsp3) is 0.486. The minimum Gasteiger partial charge on any atom is -0.469 e. The Hall–Kier alpha value is -4.70. The monoisotopic (exact) mass is 614 g/mol. The van der Waals surface area contributed by atoms with Crippen LogP contribution in [0.1, 0.15) is 62.5 Å². The van der Waals surface area contributed by atoms with E-state index in [1.807, 2.05) is 60.7 Å². The average Bonchev–Trinajstić information content (AvgIpc) is 3.10. The number of hydrogen-bond acceptors (Lipinski definition) is 8. The summed E-state index contributed by atoms with van der Waals surface area (Å²) in [6.07, 6.45) is 3.85. The first-order chi connectivity index (χ1) is 21.7. The van der Waals surface area contributed by atoms with Gasteiger partial charge in [0.25, 0.3) is 0 Å². The van der Waals surface area contributed by atoms with E-state index in [9.17, 15) is 29.7 Å². The molecule has 2 aromatic carbocycles. The van der Waals surface area contributed by atoms with Gasteiger partial charge in [-0.25, -0.2) is 0 Å². The van der Waals surface area contributed by atoms with Crippen molar-refractivity contribution in [3.63, 3.8) is 0 Å². The van der Waals surface area contributed by atoms with Crippen LogP contribution < -0.4 is 0 Å². The van der Waals surface area contributed by atoms with E-state index in [2.05, 4.69) is 21.6 Å². The highest BCUT2D eigenvalue weighted by Gasteiger charge is 2.38. The van der Waals surface area contributed by atoms with Gasteiger partial charge in [0.15, 0.2) is 0 Å². The van der Waals surface area contributed by atoms with E-state index in [-0.39, 0.29) is 49.4 Å². The summed E-state index contributed by atoms with van der Waals surface area (Å²) in [5, 5.41) is 19.2. The van der Waals surface area contributed by atoms with E-state index < -0.39 is 10.8 Å². The molecule has 0 atom stereocenters. The summed E-state index contributed by atoms with van der Waals surface area (Å²) in [7, 11) is 2.63. The number of carbonyl (C=O) groups excluding carboxylic acids is 4. The zero-order valence-electron chi connectivity index (χ0n) is 26.2. The van der Waals surface area contributed by atoms with Crippen molar-refractivity contribution in [3.8, 4) is 12.1 Å². The number of ether oxygens (including phenoxy) is 2. The minimum atomic E-state index is -0.514. The third kappa shape index (κ3) is 9.90. The number of nitrogens with zero attached hydrogens (tertiary/aromatic N) is 4. The van der Waals surface area contributed by atoms with Crippen LogP contribution in [-0.4, -0.2) is 74.0 Å². The highest BCUT2D eigenvalue weighted by molar-refractivity contribution is 5.82. The van der Waals surface area contributed by atoms with Crippen molar-refractivity contribution in [2.75, 3.05) is 40.4 Å². The van der Waals surface area contributed by atoms with E-state index in [1.54, 1.807) is 9.80 Å². The van der Waals surface area contributed by atoms with Crippen LogP contribution in [0.25, 0.3) is 0 Å². The number of rotatable bonds is 9. The lowest BCUT2D eigenvalue weighted by Gasteiger charge is -2.37. The molecule has 238 valence electrons. The van der Waals surface area contributed by atoms with Crippen molar-refractivity contribution in [2.45, 2.75) is 63.2 Å². The van der Waals surface area contributed by atoms with Crippen molar-refractivity contribution in [3.05, 3.63) is 71.8 Å². The Bertz CT molecular complexity index is 1370. The highest BCUT2D eigenvalue weighted by atomic mass is 16.5. The molecule has 0 aliphatic carbocycles. The average molecular weight is 615 g/mol. The van der Waals surface area contributed by atoms with Gasteiger partial charge in [0.05, 0.1) is 50.0 Å². The molecule has 2 aliphatic rings. The van der Waals surface area contributed by atoms with Crippen molar-refractivity contribution >= 4 is 23.8 Å². The van der Waals surface area contributed by atoms with Crippen molar-refractivity contribution < 1.29 is 28.7 Å². The van der Waals surface area contributed by atoms with Crippen LogP contribution in [0.15, 0.2) is 60.7 Å². The summed E-state index contributed by atoms with van der Waals surface area (Å²) < 4.78 is 9.10. The number of benzene rings is 2. The lowest BCUT2D eigenvalue weighted by molar-refractivity contribution is -0.144. The topological polar surface area (TPSA) is 141 Å². The molecule has 2 heterocycles.